The number of carbonyl (C=O) groups excluding carboxylic acids is 1. The standard InChI is InChI=1S/C24H21FN2O/c1-23(2)19-10-6-7-11-20(19)27(22(23)28)24(17-12-14-18(25)15-13-17)21(26-24)16-8-4-3-5-9-16/h3-15,21,26H,1-2H3/t21-,24-/m0/s1. The van der Waals surface area contributed by atoms with Crippen molar-refractivity contribution in [2.45, 2.75) is 31.0 Å². The second-order valence-electron chi connectivity index (χ2n) is 8.04. The van der Waals surface area contributed by atoms with E-state index in [1.165, 1.54) is 12.1 Å². The predicted octanol–water partition coefficient (Wildman–Crippen LogP) is 4.65. The summed E-state index contributed by atoms with van der Waals surface area (Å²) in [4.78, 5) is 15.5. The molecule has 4 heteroatoms. The van der Waals surface area contributed by atoms with Crippen LogP contribution in [0.15, 0.2) is 78.9 Å². The van der Waals surface area contributed by atoms with E-state index >= 15 is 0 Å². The zero-order valence-corrected chi connectivity index (χ0v) is 15.8. The van der Waals surface area contributed by atoms with Gasteiger partial charge < -0.3 is 0 Å². The molecule has 1 amide bonds. The topological polar surface area (TPSA) is 42.2 Å². The third kappa shape index (κ3) is 2.21. The van der Waals surface area contributed by atoms with Gasteiger partial charge in [-0.2, -0.15) is 0 Å². The Kier molecular flexibility index (Phi) is 3.52. The summed E-state index contributed by atoms with van der Waals surface area (Å²) in [7, 11) is 0. The molecule has 1 saturated heterocycles. The van der Waals surface area contributed by atoms with Gasteiger partial charge in [0, 0.05) is 0 Å². The Labute approximate surface area is 163 Å². The third-order valence-electron chi connectivity index (χ3n) is 6.02. The molecule has 0 aromatic heterocycles. The molecular formula is C24H21FN2O. The van der Waals surface area contributed by atoms with Crippen molar-refractivity contribution in [2.24, 2.45) is 0 Å². The van der Waals surface area contributed by atoms with Crippen molar-refractivity contribution >= 4 is 11.6 Å². The van der Waals surface area contributed by atoms with E-state index in [1.807, 2.05) is 61.2 Å². The lowest BCUT2D eigenvalue weighted by Gasteiger charge is -2.30. The van der Waals surface area contributed by atoms with Crippen LogP contribution in [0.25, 0.3) is 0 Å². The van der Waals surface area contributed by atoms with Crippen LogP contribution in [0.1, 0.15) is 36.6 Å². The molecule has 2 atom stereocenters. The molecule has 3 nitrogen and oxygen atoms in total. The van der Waals surface area contributed by atoms with E-state index in [1.54, 1.807) is 12.1 Å². The summed E-state index contributed by atoms with van der Waals surface area (Å²) in [5, 5.41) is 3.57. The van der Waals surface area contributed by atoms with Crippen molar-refractivity contribution in [3.8, 4) is 0 Å². The molecule has 2 aliphatic rings. The largest absolute Gasteiger partial charge is 0.286 e. The zero-order valence-electron chi connectivity index (χ0n) is 15.8. The van der Waals surface area contributed by atoms with E-state index in [9.17, 15) is 9.18 Å². The normalized spacial score (nSPS) is 24.9. The molecule has 0 spiro atoms. The maximum Gasteiger partial charge on any atom is 0.239 e. The van der Waals surface area contributed by atoms with E-state index in [0.717, 1.165) is 22.4 Å². The molecule has 0 unspecified atom stereocenters. The molecule has 28 heavy (non-hydrogen) atoms. The highest BCUT2D eigenvalue weighted by Gasteiger charge is 2.65. The summed E-state index contributed by atoms with van der Waals surface area (Å²) >= 11 is 0. The summed E-state index contributed by atoms with van der Waals surface area (Å²) in [5.74, 6) is -0.242. The molecule has 3 aromatic carbocycles. The van der Waals surface area contributed by atoms with E-state index in [-0.39, 0.29) is 17.8 Å². The van der Waals surface area contributed by atoms with Crippen LogP contribution in [0.3, 0.4) is 0 Å². The number of carbonyl (C=O) groups is 1. The van der Waals surface area contributed by atoms with Gasteiger partial charge in [0.2, 0.25) is 5.91 Å². The van der Waals surface area contributed by atoms with Crippen LogP contribution in [0.2, 0.25) is 0 Å². The number of para-hydroxylation sites is 1. The molecule has 1 fully saturated rings. The van der Waals surface area contributed by atoms with Crippen LogP contribution >= 0.6 is 0 Å². The monoisotopic (exact) mass is 372 g/mol. The molecule has 3 aromatic rings. The van der Waals surface area contributed by atoms with E-state index in [2.05, 4.69) is 17.4 Å². The lowest BCUT2D eigenvalue weighted by atomic mass is 9.86. The molecule has 0 aliphatic carbocycles. The zero-order chi connectivity index (χ0) is 19.5. The minimum atomic E-state index is -0.726. The predicted molar refractivity (Wildman–Crippen MR) is 107 cm³/mol. The Morgan fingerprint density at radius 1 is 0.893 bits per heavy atom. The summed E-state index contributed by atoms with van der Waals surface area (Å²) in [6.45, 7) is 3.93. The van der Waals surface area contributed by atoms with Crippen molar-refractivity contribution in [3.05, 3.63) is 101 Å². The van der Waals surface area contributed by atoms with Crippen molar-refractivity contribution in [1.29, 1.82) is 0 Å². The number of hydrogen-bond donors (Lipinski definition) is 1. The molecule has 2 aliphatic heterocycles. The van der Waals surface area contributed by atoms with Crippen LogP contribution in [0.5, 0.6) is 0 Å². The maximum absolute atomic E-state index is 13.6. The Bertz CT molecular complexity index is 1060. The minimum absolute atomic E-state index is 0.0453. The first-order valence-corrected chi connectivity index (χ1v) is 9.49. The third-order valence-corrected chi connectivity index (χ3v) is 6.02. The van der Waals surface area contributed by atoms with Gasteiger partial charge in [-0.25, -0.2) is 4.39 Å². The fourth-order valence-corrected chi connectivity index (χ4v) is 4.48. The van der Waals surface area contributed by atoms with Gasteiger partial charge >= 0.3 is 0 Å². The quantitative estimate of drug-likeness (QED) is 0.680. The SMILES string of the molecule is CC1(C)C(=O)N([C@]2(c3ccc(F)cc3)N[C@H]2c2ccccc2)c2ccccc21. The van der Waals surface area contributed by atoms with Gasteiger partial charge in [0.05, 0.1) is 17.1 Å². The molecular weight excluding hydrogens is 351 g/mol. The average molecular weight is 372 g/mol. The smallest absolute Gasteiger partial charge is 0.239 e. The van der Waals surface area contributed by atoms with E-state index < -0.39 is 11.1 Å². The van der Waals surface area contributed by atoms with Gasteiger partial charge in [-0.05, 0) is 48.7 Å². The number of rotatable bonds is 3. The maximum atomic E-state index is 13.6. The molecule has 0 bridgehead atoms. The molecule has 140 valence electrons. The highest BCUT2D eigenvalue weighted by atomic mass is 19.1. The Hall–Kier alpha value is -2.98. The van der Waals surface area contributed by atoms with Gasteiger partial charge in [-0.1, -0.05) is 60.7 Å². The second kappa shape index (κ2) is 5.76. The molecule has 5 rings (SSSR count). The van der Waals surface area contributed by atoms with Crippen LogP contribution in [0, 0.1) is 5.82 Å². The number of nitrogens with one attached hydrogen (secondary N) is 1. The fraction of sp³-hybridized carbons (Fsp3) is 0.208. The highest BCUT2D eigenvalue weighted by Crippen LogP contribution is 2.57. The van der Waals surface area contributed by atoms with Crippen LogP contribution in [-0.2, 0) is 15.9 Å². The van der Waals surface area contributed by atoms with E-state index in [0.29, 0.717) is 0 Å². The highest BCUT2D eigenvalue weighted by molar-refractivity contribution is 6.09. The van der Waals surface area contributed by atoms with Gasteiger partial charge in [-0.3, -0.25) is 15.0 Å². The van der Waals surface area contributed by atoms with Crippen LogP contribution < -0.4 is 10.2 Å². The number of fused-ring (bicyclic) bond motifs is 1. The van der Waals surface area contributed by atoms with Crippen LogP contribution in [0.4, 0.5) is 10.1 Å². The average Bonchev–Trinajstić information content (AvgIpc) is 3.41. The van der Waals surface area contributed by atoms with Crippen LogP contribution in [-0.4, -0.2) is 5.91 Å². The number of anilines is 1. The number of benzene rings is 3. The Morgan fingerprint density at radius 2 is 1.54 bits per heavy atom. The number of nitrogens with zero attached hydrogens (tertiary/aromatic N) is 1. The Balaban J connectivity index is 1.71. The molecule has 0 radical (unpaired) electrons. The molecule has 2 heterocycles. The van der Waals surface area contributed by atoms with E-state index in [4.69, 9.17) is 0 Å². The Morgan fingerprint density at radius 3 is 2.25 bits per heavy atom. The summed E-state index contributed by atoms with van der Waals surface area (Å²) in [6, 6.07) is 24.4. The first kappa shape index (κ1) is 17.1. The number of amides is 1. The van der Waals surface area contributed by atoms with Gasteiger partial charge in [0.25, 0.3) is 0 Å². The minimum Gasteiger partial charge on any atom is -0.286 e. The number of hydrogen-bond acceptors (Lipinski definition) is 2. The fourth-order valence-electron chi connectivity index (χ4n) is 4.48. The van der Waals surface area contributed by atoms with Gasteiger partial charge in [0.1, 0.15) is 11.5 Å². The van der Waals surface area contributed by atoms with Crippen molar-refractivity contribution in [3.63, 3.8) is 0 Å². The molecule has 1 N–H and O–H groups in total. The van der Waals surface area contributed by atoms with Crippen molar-refractivity contribution in [1.82, 2.24) is 5.32 Å². The lowest BCUT2D eigenvalue weighted by molar-refractivity contribution is -0.122. The number of halogens is 1. The first-order chi connectivity index (χ1) is 13.5. The first-order valence-electron chi connectivity index (χ1n) is 9.49. The summed E-state index contributed by atoms with van der Waals surface area (Å²) in [5.41, 5.74) is 2.56. The summed E-state index contributed by atoms with van der Waals surface area (Å²) in [6.07, 6.45) is 0. The summed E-state index contributed by atoms with van der Waals surface area (Å²) < 4.78 is 13.6. The van der Waals surface area contributed by atoms with Gasteiger partial charge in [-0.15, -0.1) is 0 Å². The molecule has 0 saturated carbocycles. The lowest BCUT2D eigenvalue weighted by Crippen LogP contribution is -2.45. The van der Waals surface area contributed by atoms with Crippen molar-refractivity contribution in [2.75, 3.05) is 4.90 Å². The van der Waals surface area contributed by atoms with Gasteiger partial charge in [0.15, 0.2) is 0 Å². The second-order valence-corrected chi connectivity index (χ2v) is 8.04. The van der Waals surface area contributed by atoms with Crippen molar-refractivity contribution < 1.29 is 9.18 Å².